The number of hydrogen-bond acceptors (Lipinski definition) is 5. The zero-order chi connectivity index (χ0) is 26.4. The molecule has 0 aliphatic carbocycles. The molecule has 12 heteroatoms. The topological polar surface area (TPSA) is 92.8 Å². The molecule has 0 radical (unpaired) electrons. The van der Waals surface area contributed by atoms with Crippen molar-refractivity contribution in [2.75, 3.05) is 19.5 Å². The maximum absolute atomic E-state index is 14.7. The van der Waals surface area contributed by atoms with Gasteiger partial charge in [0.15, 0.2) is 9.84 Å². The SMILES string of the molecule is C[C@@H]1CC[C@H](C(=O)N[C@@H](c2cc(F)c(Cl)cc2F)C2COC2)N1C(=O)c1cc(F)cc(S(C)(=O)=O)c1. The van der Waals surface area contributed by atoms with Crippen LogP contribution in [0.15, 0.2) is 35.2 Å². The molecule has 2 aromatic rings. The Balaban J connectivity index is 1.62. The molecule has 2 heterocycles. The average molecular weight is 545 g/mol. The number of amides is 2. The average Bonchev–Trinajstić information content (AvgIpc) is 3.14. The molecule has 2 aliphatic rings. The van der Waals surface area contributed by atoms with Crippen molar-refractivity contribution in [3.05, 3.63) is 63.9 Å². The van der Waals surface area contributed by atoms with Crippen molar-refractivity contribution >= 4 is 33.3 Å². The number of carbonyl (C=O) groups is 2. The minimum atomic E-state index is -3.79. The molecule has 0 spiro atoms. The summed E-state index contributed by atoms with van der Waals surface area (Å²) in [4.78, 5) is 27.6. The van der Waals surface area contributed by atoms with Crippen molar-refractivity contribution < 1.29 is 35.9 Å². The van der Waals surface area contributed by atoms with Gasteiger partial charge >= 0.3 is 0 Å². The van der Waals surface area contributed by atoms with E-state index in [1.54, 1.807) is 6.92 Å². The van der Waals surface area contributed by atoms with Gasteiger partial charge in [-0.2, -0.15) is 0 Å². The Kier molecular flexibility index (Phi) is 7.36. The van der Waals surface area contributed by atoms with E-state index in [0.717, 1.165) is 36.6 Å². The zero-order valence-electron chi connectivity index (χ0n) is 19.4. The first-order valence-corrected chi connectivity index (χ1v) is 13.5. The molecule has 3 atom stereocenters. The number of likely N-dealkylation sites (tertiary alicyclic amines) is 1. The summed E-state index contributed by atoms with van der Waals surface area (Å²) in [5, 5.41) is 2.34. The Morgan fingerprint density at radius 1 is 1.08 bits per heavy atom. The first-order chi connectivity index (χ1) is 16.9. The van der Waals surface area contributed by atoms with E-state index in [2.05, 4.69) is 5.32 Å². The number of rotatable bonds is 6. The van der Waals surface area contributed by atoms with Gasteiger partial charge in [0.2, 0.25) is 5.91 Å². The molecule has 2 saturated heterocycles. The van der Waals surface area contributed by atoms with Crippen LogP contribution in [-0.4, -0.2) is 56.7 Å². The van der Waals surface area contributed by atoms with Gasteiger partial charge in [-0.15, -0.1) is 0 Å². The largest absolute Gasteiger partial charge is 0.381 e. The van der Waals surface area contributed by atoms with Crippen molar-refractivity contribution in [2.45, 2.75) is 42.8 Å². The standard InChI is InChI=1S/C24H24ClF3N2O5S/c1-12-3-4-21(30(12)24(32)13-5-15(26)7-16(6-13)36(2,33)34)23(31)29-22(14-10-35-11-14)17-8-20(28)18(25)9-19(17)27/h5-9,12,14,21-22H,3-4,10-11H2,1-2H3,(H,29,31)/t12-,21-,22-/m1/s1. The number of halogens is 4. The summed E-state index contributed by atoms with van der Waals surface area (Å²) in [6.07, 6.45) is 1.63. The number of carbonyl (C=O) groups excluding carboxylic acids is 2. The Bertz CT molecular complexity index is 1320. The smallest absolute Gasteiger partial charge is 0.254 e. The van der Waals surface area contributed by atoms with Crippen LogP contribution in [0.5, 0.6) is 0 Å². The minimum Gasteiger partial charge on any atom is -0.381 e. The van der Waals surface area contributed by atoms with E-state index < -0.39 is 62.3 Å². The zero-order valence-corrected chi connectivity index (χ0v) is 21.0. The van der Waals surface area contributed by atoms with Crippen molar-refractivity contribution in [2.24, 2.45) is 5.92 Å². The predicted molar refractivity (Wildman–Crippen MR) is 125 cm³/mol. The van der Waals surface area contributed by atoms with Crippen LogP contribution in [0.3, 0.4) is 0 Å². The highest BCUT2D eigenvalue weighted by Crippen LogP contribution is 2.34. The number of sulfone groups is 1. The van der Waals surface area contributed by atoms with E-state index in [1.165, 1.54) is 4.90 Å². The summed E-state index contributed by atoms with van der Waals surface area (Å²) < 4.78 is 72.0. The molecule has 2 fully saturated rings. The van der Waals surface area contributed by atoms with E-state index in [-0.39, 0.29) is 41.6 Å². The lowest BCUT2D eigenvalue weighted by Gasteiger charge is -2.36. The molecule has 0 aromatic heterocycles. The molecule has 36 heavy (non-hydrogen) atoms. The van der Waals surface area contributed by atoms with Crippen LogP contribution in [0.25, 0.3) is 0 Å². The fourth-order valence-electron chi connectivity index (χ4n) is 4.55. The normalized spacial score (nSPS) is 21.2. The number of benzene rings is 2. The summed E-state index contributed by atoms with van der Waals surface area (Å²) in [5.74, 6) is -4.17. The number of nitrogens with one attached hydrogen (secondary N) is 1. The Hall–Kier alpha value is -2.63. The second-order valence-electron chi connectivity index (χ2n) is 9.17. The fourth-order valence-corrected chi connectivity index (χ4v) is 5.37. The van der Waals surface area contributed by atoms with Crippen LogP contribution in [0.1, 0.15) is 41.7 Å². The molecule has 194 valence electrons. The highest BCUT2D eigenvalue weighted by Gasteiger charge is 2.42. The minimum absolute atomic E-state index is 0.0922. The van der Waals surface area contributed by atoms with Crippen LogP contribution < -0.4 is 5.32 Å². The molecular formula is C24H24ClF3N2O5S. The van der Waals surface area contributed by atoms with Crippen molar-refractivity contribution in [1.82, 2.24) is 10.2 Å². The lowest BCUT2D eigenvalue weighted by Crippen LogP contribution is -2.51. The van der Waals surface area contributed by atoms with Gasteiger partial charge in [0.25, 0.3) is 5.91 Å². The Morgan fingerprint density at radius 3 is 2.39 bits per heavy atom. The van der Waals surface area contributed by atoms with Gasteiger partial charge in [-0.1, -0.05) is 11.6 Å². The molecule has 0 unspecified atom stereocenters. The number of ether oxygens (including phenoxy) is 1. The van der Waals surface area contributed by atoms with E-state index in [4.69, 9.17) is 16.3 Å². The highest BCUT2D eigenvalue weighted by molar-refractivity contribution is 7.90. The van der Waals surface area contributed by atoms with Crippen LogP contribution in [0, 0.1) is 23.4 Å². The molecule has 4 rings (SSSR count). The maximum Gasteiger partial charge on any atom is 0.254 e. The molecule has 7 nitrogen and oxygen atoms in total. The van der Waals surface area contributed by atoms with Crippen LogP contribution in [0.4, 0.5) is 13.2 Å². The summed E-state index contributed by atoms with van der Waals surface area (Å²) in [7, 11) is -3.79. The Morgan fingerprint density at radius 2 is 1.78 bits per heavy atom. The lowest BCUT2D eigenvalue weighted by atomic mass is 9.90. The molecule has 2 aliphatic heterocycles. The van der Waals surface area contributed by atoms with E-state index >= 15 is 0 Å². The van der Waals surface area contributed by atoms with Crippen LogP contribution >= 0.6 is 11.6 Å². The quantitative estimate of drug-likeness (QED) is 0.560. The van der Waals surface area contributed by atoms with E-state index in [0.29, 0.717) is 6.42 Å². The first-order valence-electron chi connectivity index (χ1n) is 11.2. The Labute approximate surface area is 211 Å². The summed E-state index contributed by atoms with van der Waals surface area (Å²) in [6.45, 7) is 2.15. The van der Waals surface area contributed by atoms with Gasteiger partial charge in [0, 0.05) is 29.3 Å². The predicted octanol–water partition coefficient (Wildman–Crippen LogP) is 3.66. The van der Waals surface area contributed by atoms with Gasteiger partial charge in [-0.05, 0) is 50.1 Å². The fraction of sp³-hybridized carbons (Fsp3) is 0.417. The van der Waals surface area contributed by atoms with Crippen LogP contribution in [-0.2, 0) is 19.4 Å². The number of nitrogens with zero attached hydrogens (tertiary/aromatic N) is 1. The lowest BCUT2D eigenvalue weighted by molar-refractivity contribution is -0.128. The van der Waals surface area contributed by atoms with E-state index in [9.17, 15) is 31.2 Å². The van der Waals surface area contributed by atoms with Gasteiger partial charge in [0.1, 0.15) is 23.5 Å². The molecule has 1 N–H and O–H groups in total. The van der Waals surface area contributed by atoms with Crippen molar-refractivity contribution in [1.29, 1.82) is 0 Å². The van der Waals surface area contributed by atoms with Crippen molar-refractivity contribution in [3.63, 3.8) is 0 Å². The second kappa shape index (κ2) is 10.0. The summed E-state index contributed by atoms with van der Waals surface area (Å²) in [6, 6.07) is 2.24. The van der Waals surface area contributed by atoms with Gasteiger partial charge in [0.05, 0.1) is 29.2 Å². The maximum atomic E-state index is 14.7. The molecule has 2 amide bonds. The molecule has 0 saturated carbocycles. The molecule has 0 bridgehead atoms. The molecule has 2 aromatic carbocycles. The third-order valence-electron chi connectivity index (χ3n) is 6.56. The first kappa shape index (κ1) is 26.4. The second-order valence-corrected chi connectivity index (χ2v) is 11.6. The van der Waals surface area contributed by atoms with Crippen molar-refractivity contribution in [3.8, 4) is 0 Å². The highest BCUT2D eigenvalue weighted by atomic mass is 35.5. The third kappa shape index (κ3) is 5.23. The van der Waals surface area contributed by atoms with Gasteiger partial charge in [-0.25, -0.2) is 21.6 Å². The molecular weight excluding hydrogens is 521 g/mol. The monoisotopic (exact) mass is 544 g/mol. The van der Waals surface area contributed by atoms with E-state index in [1.807, 2.05) is 0 Å². The third-order valence-corrected chi connectivity index (χ3v) is 7.94. The number of hydrogen-bond donors (Lipinski definition) is 1. The van der Waals surface area contributed by atoms with Gasteiger partial charge in [-0.3, -0.25) is 9.59 Å². The summed E-state index contributed by atoms with van der Waals surface area (Å²) >= 11 is 5.67. The van der Waals surface area contributed by atoms with Gasteiger partial charge < -0.3 is 15.0 Å². The van der Waals surface area contributed by atoms with Crippen LogP contribution in [0.2, 0.25) is 5.02 Å². The summed E-state index contributed by atoms with van der Waals surface area (Å²) in [5.41, 5.74) is -0.304.